The summed E-state index contributed by atoms with van der Waals surface area (Å²) in [6, 6.07) is 5.48. The molecule has 0 N–H and O–H groups in total. The lowest BCUT2D eigenvalue weighted by Crippen LogP contribution is -2.38. The number of nitrogens with zero attached hydrogens (tertiary/aromatic N) is 2. The Bertz CT molecular complexity index is 666. The van der Waals surface area contributed by atoms with Crippen LogP contribution in [0.1, 0.15) is 5.56 Å². The molecule has 0 spiro atoms. The number of rotatable bonds is 3. The molecular formula is C16H18N2O4S. The van der Waals surface area contributed by atoms with Crippen molar-refractivity contribution in [3.8, 4) is 11.5 Å². The zero-order valence-corrected chi connectivity index (χ0v) is 13.9. The number of hydrogen-bond acceptors (Lipinski definition) is 6. The maximum absolute atomic E-state index is 12.2. The van der Waals surface area contributed by atoms with Gasteiger partial charge >= 0.3 is 0 Å². The predicted octanol–water partition coefficient (Wildman–Crippen LogP) is 2.01. The molecule has 0 radical (unpaired) electrons. The molecule has 0 aromatic heterocycles. The highest BCUT2D eigenvalue weighted by Crippen LogP contribution is 2.33. The average Bonchev–Trinajstić information content (AvgIpc) is 2.96. The van der Waals surface area contributed by atoms with Crippen LogP contribution in [0.5, 0.6) is 11.5 Å². The van der Waals surface area contributed by atoms with Gasteiger partial charge in [-0.05, 0) is 36.0 Å². The molecule has 3 rings (SSSR count). The zero-order chi connectivity index (χ0) is 16.2. The second kappa shape index (κ2) is 7.06. The SMILES string of the molecule is COc1ccc(OC)c(/C=C2/SC(N3CCOCC3)=NC2=O)c1. The first-order valence-corrected chi connectivity index (χ1v) is 8.10. The van der Waals surface area contributed by atoms with Gasteiger partial charge in [-0.3, -0.25) is 4.79 Å². The number of hydrogen-bond donors (Lipinski definition) is 0. The van der Waals surface area contributed by atoms with Gasteiger partial charge in [0.25, 0.3) is 5.91 Å². The largest absolute Gasteiger partial charge is 0.497 e. The normalized spacial score (nSPS) is 19.9. The Balaban J connectivity index is 1.82. The van der Waals surface area contributed by atoms with E-state index in [1.807, 2.05) is 18.2 Å². The highest BCUT2D eigenvalue weighted by molar-refractivity contribution is 8.18. The van der Waals surface area contributed by atoms with Crippen LogP contribution in [0.2, 0.25) is 0 Å². The van der Waals surface area contributed by atoms with E-state index in [2.05, 4.69) is 9.89 Å². The van der Waals surface area contributed by atoms with Crippen molar-refractivity contribution in [1.29, 1.82) is 0 Å². The lowest BCUT2D eigenvalue weighted by molar-refractivity contribution is -0.113. The molecule has 2 aliphatic heterocycles. The fourth-order valence-electron chi connectivity index (χ4n) is 2.38. The Morgan fingerprint density at radius 1 is 1.26 bits per heavy atom. The fourth-order valence-corrected chi connectivity index (χ4v) is 3.34. The first kappa shape index (κ1) is 15.9. The van der Waals surface area contributed by atoms with Crippen molar-refractivity contribution < 1.29 is 19.0 Å². The van der Waals surface area contributed by atoms with E-state index in [-0.39, 0.29) is 5.91 Å². The van der Waals surface area contributed by atoms with Gasteiger partial charge in [-0.2, -0.15) is 4.99 Å². The van der Waals surface area contributed by atoms with Crippen LogP contribution < -0.4 is 9.47 Å². The summed E-state index contributed by atoms with van der Waals surface area (Å²) in [4.78, 5) is 19.0. The molecule has 1 fully saturated rings. The maximum atomic E-state index is 12.2. The minimum atomic E-state index is -0.221. The summed E-state index contributed by atoms with van der Waals surface area (Å²) >= 11 is 1.39. The minimum Gasteiger partial charge on any atom is -0.497 e. The van der Waals surface area contributed by atoms with E-state index in [0.29, 0.717) is 29.6 Å². The van der Waals surface area contributed by atoms with Crippen LogP contribution in [-0.4, -0.2) is 56.5 Å². The number of morpholine rings is 1. The van der Waals surface area contributed by atoms with Crippen LogP contribution in [0.4, 0.5) is 0 Å². The van der Waals surface area contributed by atoms with Gasteiger partial charge in [0.2, 0.25) is 0 Å². The molecular weight excluding hydrogens is 316 g/mol. The van der Waals surface area contributed by atoms with Crippen molar-refractivity contribution in [2.45, 2.75) is 0 Å². The second-order valence-electron chi connectivity index (χ2n) is 5.02. The van der Waals surface area contributed by atoms with E-state index in [1.54, 1.807) is 20.3 Å². The van der Waals surface area contributed by atoms with Crippen molar-refractivity contribution >= 4 is 28.9 Å². The van der Waals surface area contributed by atoms with E-state index in [9.17, 15) is 4.79 Å². The number of thioether (sulfide) groups is 1. The highest BCUT2D eigenvalue weighted by atomic mass is 32.2. The van der Waals surface area contributed by atoms with Crippen molar-refractivity contribution in [2.75, 3.05) is 40.5 Å². The Hall–Kier alpha value is -1.99. The molecule has 1 amide bonds. The molecule has 7 heteroatoms. The monoisotopic (exact) mass is 334 g/mol. The Morgan fingerprint density at radius 3 is 2.74 bits per heavy atom. The number of ether oxygens (including phenoxy) is 3. The quantitative estimate of drug-likeness (QED) is 0.788. The highest BCUT2D eigenvalue weighted by Gasteiger charge is 2.27. The summed E-state index contributed by atoms with van der Waals surface area (Å²) in [5.41, 5.74) is 0.793. The second-order valence-corrected chi connectivity index (χ2v) is 6.03. The standard InChI is InChI=1S/C16H18N2O4S/c1-20-12-3-4-13(21-2)11(9-12)10-14-15(19)17-16(23-14)18-5-7-22-8-6-18/h3-4,9-10H,5-8H2,1-2H3/b14-10+. The van der Waals surface area contributed by atoms with Crippen LogP contribution in [0, 0.1) is 0 Å². The van der Waals surface area contributed by atoms with Gasteiger partial charge in [-0.1, -0.05) is 0 Å². The van der Waals surface area contributed by atoms with E-state index in [4.69, 9.17) is 14.2 Å². The number of amides is 1. The molecule has 0 atom stereocenters. The van der Waals surface area contributed by atoms with Crippen molar-refractivity contribution in [3.63, 3.8) is 0 Å². The maximum Gasteiger partial charge on any atom is 0.286 e. The fraction of sp³-hybridized carbons (Fsp3) is 0.375. The van der Waals surface area contributed by atoms with Crippen LogP contribution in [0.25, 0.3) is 6.08 Å². The van der Waals surface area contributed by atoms with Crippen LogP contribution in [-0.2, 0) is 9.53 Å². The third-order valence-corrected chi connectivity index (χ3v) is 4.66. The van der Waals surface area contributed by atoms with E-state index >= 15 is 0 Å². The predicted molar refractivity (Wildman–Crippen MR) is 89.9 cm³/mol. The lowest BCUT2D eigenvalue weighted by atomic mass is 10.1. The molecule has 1 aromatic carbocycles. The van der Waals surface area contributed by atoms with Gasteiger partial charge in [-0.15, -0.1) is 0 Å². The first-order valence-electron chi connectivity index (χ1n) is 7.28. The topological polar surface area (TPSA) is 60.4 Å². The summed E-state index contributed by atoms with van der Waals surface area (Å²) in [6.45, 7) is 2.84. The first-order chi connectivity index (χ1) is 11.2. The summed E-state index contributed by atoms with van der Waals surface area (Å²) < 4.78 is 15.9. The third-order valence-electron chi connectivity index (χ3n) is 3.61. The van der Waals surface area contributed by atoms with Crippen LogP contribution in [0.3, 0.4) is 0 Å². The Kier molecular flexibility index (Phi) is 4.88. The molecule has 0 bridgehead atoms. The lowest BCUT2D eigenvalue weighted by Gasteiger charge is -2.27. The van der Waals surface area contributed by atoms with Gasteiger partial charge in [0.15, 0.2) is 5.17 Å². The number of carbonyl (C=O) groups is 1. The van der Waals surface area contributed by atoms with Crippen molar-refractivity contribution in [3.05, 3.63) is 28.7 Å². The molecule has 23 heavy (non-hydrogen) atoms. The van der Waals surface area contributed by atoms with Crippen LogP contribution >= 0.6 is 11.8 Å². The molecule has 0 aliphatic carbocycles. The molecule has 122 valence electrons. The van der Waals surface area contributed by atoms with Crippen LogP contribution in [0.15, 0.2) is 28.1 Å². The average molecular weight is 334 g/mol. The molecule has 6 nitrogen and oxygen atoms in total. The summed E-state index contributed by atoms with van der Waals surface area (Å²) in [5, 5.41) is 0.742. The minimum absolute atomic E-state index is 0.221. The van der Waals surface area contributed by atoms with Crippen molar-refractivity contribution in [2.24, 2.45) is 4.99 Å². The molecule has 2 heterocycles. The van der Waals surface area contributed by atoms with Gasteiger partial charge in [0, 0.05) is 18.7 Å². The van der Waals surface area contributed by atoms with E-state index in [1.165, 1.54) is 11.8 Å². The Morgan fingerprint density at radius 2 is 2.04 bits per heavy atom. The molecule has 0 saturated carbocycles. The van der Waals surface area contributed by atoms with Gasteiger partial charge in [0.1, 0.15) is 11.5 Å². The van der Waals surface area contributed by atoms with Gasteiger partial charge in [0.05, 0.1) is 32.3 Å². The number of carbonyl (C=O) groups excluding carboxylic acids is 1. The Labute approximate surface area is 139 Å². The zero-order valence-electron chi connectivity index (χ0n) is 13.1. The van der Waals surface area contributed by atoms with Gasteiger partial charge < -0.3 is 19.1 Å². The molecule has 1 aromatic rings. The molecule has 1 saturated heterocycles. The van der Waals surface area contributed by atoms with Gasteiger partial charge in [-0.25, -0.2) is 0 Å². The van der Waals surface area contributed by atoms with Crippen molar-refractivity contribution in [1.82, 2.24) is 4.90 Å². The number of aliphatic imine (C=N–C) groups is 1. The smallest absolute Gasteiger partial charge is 0.286 e. The summed E-state index contributed by atoms with van der Waals surface area (Å²) in [6.07, 6.45) is 1.80. The van der Waals surface area contributed by atoms with E-state index in [0.717, 1.165) is 23.8 Å². The summed E-state index contributed by atoms with van der Waals surface area (Å²) in [5.74, 6) is 1.18. The molecule has 0 unspecified atom stereocenters. The summed E-state index contributed by atoms with van der Waals surface area (Å²) in [7, 11) is 3.21. The number of methoxy groups -OCH3 is 2. The molecule has 2 aliphatic rings. The third kappa shape index (κ3) is 3.51. The number of amidine groups is 1. The van der Waals surface area contributed by atoms with E-state index < -0.39 is 0 Å². The number of benzene rings is 1.